The molecule has 0 bridgehead atoms. The Morgan fingerprint density at radius 2 is 1.83 bits per heavy atom. The summed E-state index contributed by atoms with van der Waals surface area (Å²) in [5, 5.41) is 9.45. The van der Waals surface area contributed by atoms with Crippen molar-refractivity contribution in [2.45, 2.75) is 33.3 Å². The quantitative estimate of drug-likeness (QED) is 0.744. The first-order valence-corrected chi connectivity index (χ1v) is 5.18. The first kappa shape index (κ1) is 11.9. The lowest BCUT2D eigenvalue weighted by Crippen LogP contribution is -2.12. The van der Waals surface area contributed by atoms with Crippen LogP contribution in [0.2, 0.25) is 4.34 Å². The van der Waals surface area contributed by atoms with Crippen LogP contribution < -0.4 is 0 Å². The van der Waals surface area contributed by atoms with Crippen molar-refractivity contribution in [3.63, 3.8) is 0 Å². The van der Waals surface area contributed by atoms with Crippen LogP contribution in [0.4, 0.5) is 0 Å². The van der Waals surface area contributed by atoms with Crippen molar-refractivity contribution in [1.82, 2.24) is 0 Å². The van der Waals surface area contributed by atoms with Crippen LogP contribution in [-0.4, -0.2) is 5.11 Å². The van der Waals surface area contributed by atoms with Gasteiger partial charge in [0.25, 0.3) is 0 Å². The third-order valence-corrected chi connectivity index (χ3v) is 2.72. The molecule has 0 aliphatic heterocycles. The van der Waals surface area contributed by atoms with Gasteiger partial charge in [0.1, 0.15) is 0 Å². The molecule has 0 atom stereocenters. The standard InChI is InChI=1S/C7H9ClOS.C2H6/c1-7(2,9)5-3-4-6(8)10-5;1-2/h3-4,9H,1-2H3;1-2H3. The molecule has 1 heterocycles. The summed E-state index contributed by atoms with van der Waals surface area (Å²) in [7, 11) is 0. The molecule has 1 aromatic heterocycles. The van der Waals surface area contributed by atoms with Crippen LogP contribution in [-0.2, 0) is 5.60 Å². The highest BCUT2D eigenvalue weighted by atomic mass is 35.5. The van der Waals surface area contributed by atoms with Gasteiger partial charge in [0.15, 0.2) is 0 Å². The molecule has 1 N–H and O–H groups in total. The van der Waals surface area contributed by atoms with Crippen LogP contribution in [0, 0.1) is 0 Å². The Morgan fingerprint density at radius 3 is 2.00 bits per heavy atom. The lowest BCUT2D eigenvalue weighted by molar-refractivity contribution is 0.0825. The highest BCUT2D eigenvalue weighted by Gasteiger charge is 2.17. The first-order valence-electron chi connectivity index (χ1n) is 3.98. The predicted molar refractivity (Wildman–Crippen MR) is 55.9 cm³/mol. The van der Waals surface area contributed by atoms with Gasteiger partial charge in [0.2, 0.25) is 0 Å². The van der Waals surface area contributed by atoms with E-state index in [-0.39, 0.29) is 0 Å². The molecular formula is C9H15ClOS. The normalized spacial score (nSPS) is 10.5. The van der Waals surface area contributed by atoms with Gasteiger partial charge in [-0.2, -0.15) is 0 Å². The van der Waals surface area contributed by atoms with Gasteiger partial charge in [-0.3, -0.25) is 0 Å². The van der Waals surface area contributed by atoms with Gasteiger partial charge in [0, 0.05) is 4.88 Å². The number of aliphatic hydroxyl groups is 1. The SMILES string of the molecule is CC.CC(C)(O)c1ccc(Cl)s1. The molecule has 0 aliphatic carbocycles. The molecule has 0 saturated heterocycles. The highest BCUT2D eigenvalue weighted by molar-refractivity contribution is 7.16. The van der Waals surface area contributed by atoms with E-state index in [4.69, 9.17) is 11.6 Å². The van der Waals surface area contributed by atoms with Crippen LogP contribution in [0.25, 0.3) is 0 Å². The molecule has 1 aromatic rings. The molecule has 0 aromatic carbocycles. The molecule has 0 fully saturated rings. The molecule has 0 unspecified atom stereocenters. The Balaban J connectivity index is 0.000000561. The van der Waals surface area contributed by atoms with E-state index in [2.05, 4.69) is 0 Å². The number of hydrogen-bond donors (Lipinski definition) is 1. The fourth-order valence-electron chi connectivity index (χ4n) is 0.643. The topological polar surface area (TPSA) is 20.2 Å². The van der Waals surface area contributed by atoms with Crippen LogP contribution in [0.1, 0.15) is 32.6 Å². The van der Waals surface area contributed by atoms with Crippen LogP contribution in [0.15, 0.2) is 12.1 Å². The van der Waals surface area contributed by atoms with Gasteiger partial charge in [-0.15, -0.1) is 11.3 Å². The fraction of sp³-hybridized carbons (Fsp3) is 0.556. The average Bonchev–Trinajstić information content (AvgIpc) is 2.39. The molecule has 0 spiro atoms. The smallest absolute Gasteiger partial charge is 0.0932 e. The minimum absolute atomic E-state index is 0.720. The first-order chi connectivity index (χ1) is 5.50. The van der Waals surface area contributed by atoms with Gasteiger partial charge in [-0.25, -0.2) is 0 Å². The Kier molecular flexibility index (Phi) is 4.83. The zero-order chi connectivity index (χ0) is 9.78. The summed E-state index contributed by atoms with van der Waals surface area (Å²) < 4.78 is 0.720. The summed E-state index contributed by atoms with van der Waals surface area (Å²) in [6.07, 6.45) is 0. The van der Waals surface area contributed by atoms with E-state index in [0.29, 0.717) is 0 Å². The van der Waals surface area contributed by atoms with E-state index in [9.17, 15) is 5.11 Å². The molecule has 0 amide bonds. The largest absolute Gasteiger partial charge is 0.385 e. The number of rotatable bonds is 1. The lowest BCUT2D eigenvalue weighted by Gasteiger charge is -2.13. The molecule has 1 rings (SSSR count). The lowest BCUT2D eigenvalue weighted by atomic mass is 10.1. The maximum absolute atomic E-state index is 9.45. The van der Waals surface area contributed by atoms with Crippen LogP contribution in [0.3, 0.4) is 0 Å². The highest BCUT2D eigenvalue weighted by Crippen LogP contribution is 2.29. The Hall–Kier alpha value is -0.0500. The molecule has 0 radical (unpaired) electrons. The molecule has 0 aliphatic rings. The van der Waals surface area contributed by atoms with E-state index in [1.54, 1.807) is 19.9 Å². The Labute approximate surface area is 83.0 Å². The monoisotopic (exact) mass is 206 g/mol. The van der Waals surface area contributed by atoms with Crippen molar-refractivity contribution in [2.24, 2.45) is 0 Å². The molecule has 0 saturated carbocycles. The minimum atomic E-state index is -0.752. The van der Waals surface area contributed by atoms with Crippen molar-refractivity contribution in [3.05, 3.63) is 21.3 Å². The summed E-state index contributed by atoms with van der Waals surface area (Å²) in [6, 6.07) is 3.63. The van der Waals surface area contributed by atoms with Gasteiger partial charge < -0.3 is 5.11 Å². The Bertz CT molecular complexity index is 225. The maximum Gasteiger partial charge on any atom is 0.0932 e. The number of thiophene rings is 1. The van der Waals surface area contributed by atoms with Crippen molar-refractivity contribution < 1.29 is 5.11 Å². The fourth-order valence-corrected chi connectivity index (χ4v) is 1.69. The summed E-state index contributed by atoms with van der Waals surface area (Å²) in [6.45, 7) is 7.49. The molecule has 12 heavy (non-hydrogen) atoms. The second-order valence-electron chi connectivity index (χ2n) is 2.66. The van der Waals surface area contributed by atoms with Gasteiger partial charge in [0.05, 0.1) is 9.94 Å². The third kappa shape index (κ3) is 3.57. The molecule has 3 heteroatoms. The Morgan fingerprint density at radius 1 is 1.33 bits per heavy atom. The van der Waals surface area contributed by atoms with Gasteiger partial charge >= 0.3 is 0 Å². The van der Waals surface area contributed by atoms with Gasteiger partial charge in [-0.05, 0) is 26.0 Å². The molecule has 1 nitrogen and oxygen atoms in total. The van der Waals surface area contributed by atoms with Gasteiger partial charge in [-0.1, -0.05) is 25.4 Å². The number of halogens is 1. The average molecular weight is 207 g/mol. The molecule has 70 valence electrons. The molecular weight excluding hydrogens is 192 g/mol. The van der Waals surface area contributed by atoms with Crippen molar-refractivity contribution in [3.8, 4) is 0 Å². The third-order valence-electron chi connectivity index (χ3n) is 1.18. The zero-order valence-corrected chi connectivity index (χ0v) is 9.46. The van der Waals surface area contributed by atoms with E-state index in [0.717, 1.165) is 9.21 Å². The minimum Gasteiger partial charge on any atom is -0.385 e. The number of hydrogen-bond acceptors (Lipinski definition) is 2. The van der Waals surface area contributed by atoms with E-state index in [1.807, 2.05) is 19.9 Å². The van der Waals surface area contributed by atoms with Crippen LogP contribution in [0.5, 0.6) is 0 Å². The second-order valence-corrected chi connectivity index (χ2v) is 4.38. The van der Waals surface area contributed by atoms with Crippen molar-refractivity contribution in [2.75, 3.05) is 0 Å². The summed E-state index contributed by atoms with van der Waals surface area (Å²) >= 11 is 7.08. The van der Waals surface area contributed by atoms with E-state index < -0.39 is 5.60 Å². The summed E-state index contributed by atoms with van der Waals surface area (Å²) in [4.78, 5) is 0.900. The van der Waals surface area contributed by atoms with Crippen LogP contribution >= 0.6 is 22.9 Å². The summed E-state index contributed by atoms with van der Waals surface area (Å²) in [5.74, 6) is 0. The van der Waals surface area contributed by atoms with E-state index in [1.165, 1.54) is 11.3 Å². The summed E-state index contributed by atoms with van der Waals surface area (Å²) in [5.41, 5.74) is -0.752. The van der Waals surface area contributed by atoms with E-state index >= 15 is 0 Å². The second kappa shape index (κ2) is 4.85. The zero-order valence-electron chi connectivity index (χ0n) is 7.89. The van der Waals surface area contributed by atoms with Crippen molar-refractivity contribution >= 4 is 22.9 Å². The maximum atomic E-state index is 9.45. The predicted octanol–water partition coefficient (Wildman–Crippen LogP) is 3.66. The van der Waals surface area contributed by atoms with Crippen molar-refractivity contribution in [1.29, 1.82) is 0 Å².